The molecule has 1 heteroatoms. The summed E-state index contributed by atoms with van der Waals surface area (Å²) in [5.74, 6) is 0. The first kappa shape index (κ1) is 12.8. The average molecular weight is 281 g/mol. The van der Waals surface area contributed by atoms with Gasteiger partial charge in [-0.3, -0.25) is 0 Å². The third-order valence-corrected chi connectivity index (χ3v) is 3.84. The van der Waals surface area contributed by atoms with Crippen molar-refractivity contribution >= 4 is 11.6 Å². The molecule has 0 fully saturated rings. The van der Waals surface area contributed by atoms with Crippen LogP contribution in [0.3, 0.4) is 0 Å². The predicted octanol–water partition coefficient (Wildman–Crippen LogP) is 3.56. The van der Waals surface area contributed by atoms with Gasteiger partial charge in [-0.25, -0.2) is 4.99 Å². The lowest BCUT2D eigenvalue weighted by atomic mass is 10.00. The monoisotopic (exact) mass is 281 g/mol. The zero-order valence-electron chi connectivity index (χ0n) is 12.1. The topological polar surface area (TPSA) is 12.4 Å². The van der Waals surface area contributed by atoms with Gasteiger partial charge in [0.25, 0.3) is 0 Å². The van der Waals surface area contributed by atoms with E-state index in [4.69, 9.17) is 4.99 Å². The van der Waals surface area contributed by atoms with Crippen LogP contribution in [-0.2, 0) is 0 Å². The third-order valence-electron chi connectivity index (χ3n) is 3.84. The lowest BCUT2D eigenvalue weighted by Crippen LogP contribution is -2.22. The van der Waals surface area contributed by atoms with Crippen molar-refractivity contribution in [2.45, 2.75) is 0 Å². The Labute approximate surface area is 129 Å². The van der Waals surface area contributed by atoms with Crippen molar-refractivity contribution in [2.75, 3.05) is 0 Å². The van der Waals surface area contributed by atoms with Gasteiger partial charge in [0.05, 0.1) is 11.1 Å². The second-order valence-corrected chi connectivity index (χ2v) is 5.31. The standard InChI is InChI=1S/C21H15N/c1-3-9-16(10-4-1)15-20-21(17-11-5-2-6-12-17)18-13-7-8-14-19(18)22-20/h1-15H/b20-15-. The molecule has 3 aromatic carbocycles. The molecule has 0 amide bonds. The largest absolute Gasteiger partial charge is 0.248 e. The molecule has 0 unspecified atom stereocenters. The SMILES string of the molecule is C(=C1/N=c2ccccc2=C1c1ccccc1)/c1ccccc1. The highest BCUT2D eigenvalue weighted by Crippen LogP contribution is 2.24. The molecule has 0 saturated carbocycles. The van der Waals surface area contributed by atoms with Crippen LogP contribution in [-0.4, -0.2) is 0 Å². The summed E-state index contributed by atoms with van der Waals surface area (Å²) < 4.78 is 0. The summed E-state index contributed by atoms with van der Waals surface area (Å²) in [6.45, 7) is 0. The summed E-state index contributed by atoms with van der Waals surface area (Å²) in [5.41, 5.74) is 4.61. The Morgan fingerprint density at radius 1 is 0.636 bits per heavy atom. The Hall–Kier alpha value is -2.93. The first-order valence-corrected chi connectivity index (χ1v) is 7.42. The maximum absolute atomic E-state index is 4.83. The van der Waals surface area contributed by atoms with Gasteiger partial charge in [0, 0.05) is 10.8 Å². The van der Waals surface area contributed by atoms with E-state index in [0.29, 0.717) is 0 Å². The van der Waals surface area contributed by atoms with Crippen LogP contribution in [0.4, 0.5) is 0 Å². The number of para-hydroxylation sites is 1. The van der Waals surface area contributed by atoms with Crippen LogP contribution in [0.15, 0.2) is 95.6 Å². The fourth-order valence-electron chi connectivity index (χ4n) is 2.83. The van der Waals surface area contributed by atoms with E-state index in [9.17, 15) is 0 Å². The van der Waals surface area contributed by atoms with E-state index in [-0.39, 0.29) is 0 Å². The lowest BCUT2D eigenvalue weighted by molar-refractivity contribution is 1.33. The molecule has 0 aromatic heterocycles. The lowest BCUT2D eigenvalue weighted by Gasteiger charge is -2.05. The number of hydrogen-bond donors (Lipinski definition) is 0. The first-order chi connectivity index (χ1) is 10.9. The van der Waals surface area contributed by atoms with Crippen molar-refractivity contribution in [3.63, 3.8) is 0 Å². The van der Waals surface area contributed by atoms with E-state index < -0.39 is 0 Å². The highest BCUT2D eigenvalue weighted by molar-refractivity contribution is 5.85. The number of fused-ring (bicyclic) bond motifs is 1. The molecule has 0 atom stereocenters. The van der Waals surface area contributed by atoms with E-state index in [1.807, 2.05) is 18.2 Å². The Kier molecular flexibility index (Phi) is 3.17. The molecule has 22 heavy (non-hydrogen) atoms. The quantitative estimate of drug-likeness (QED) is 0.681. The Balaban J connectivity index is 1.98. The van der Waals surface area contributed by atoms with E-state index >= 15 is 0 Å². The maximum atomic E-state index is 4.83. The second kappa shape index (κ2) is 5.45. The molecule has 0 saturated heterocycles. The number of rotatable bonds is 2. The van der Waals surface area contributed by atoms with Crippen LogP contribution < -0.4 is 10.6 Å². The van der Waals surface area contributed by atoms with E-state index in [1.165, 1.54) is 21.9 Å². The zero-order chi connectivity index (χ0) is 14.8. The molecular formula is C21H15N. The van der Waals surface area contributed by atoms with E-state index in [2.05, 4.69) is 72.8 Å². The first-order valence-electron chi connectivity index (χ1n) is 7.42. The Morgan fingerprint density at radius 2 is 1.27 bits per heavy atom. The van der Waals surface area contributed by atoms with Crippen molar-refractivity contribution in [1.29, 1.82) is 0 Å². The summed E-state index contributed by atoms with van der Waals surface area (Å²) in [5, 5.41) is 2.25. The van der Waals surface area contributed by atoms with Gasteiger partial charge in [-0.2, -0.15) is 0 Å². The molecule has 3 aromatic rings. The fourth-order valence-corrected chi connectivity index (χ4v) is 2.83. The van der Waals surface area contributed by atoms with Gasteiger partial charge in [-0.05, 0) is 23.3 Å². The van der Waals surface area contributed by atoms with Crippen LogP contribution in [0.25, 0.3) is 11.6 Å². The fraction of sp³-hybridized carbons (Fsp3) is 0. The molecule has 4 rings (SSSR count). The van der Waals surface area contributed by atoms with Gasteiger partial charge in [0.1, 0.15) is 0 Å². The van der Waals surface area contributed by atoms with Crippen molar-refractivity contribution in [1.82, 2.24) is 0 Å². The smallest absolute Gasteiger partial charge is 0.0728 e. The minimum absolute atomic E-state index is 1.03. The molecule has 0 N–H and O–H groups in total. The van der Waals surface area contributed by atoms with Crippen molar-refractivity contribution in [3.05, 3.63) is 112 Å². The minimum atomic E-state index is 1.03. The van der Waals surface area contributed by atoms with Gasteiger partial charge in [-0.15, -0.1) is 0 Å². The number of nitrogens with zero attached hydrogens (tertiary/aromatic N) is 1. The minimum Gasteiger partial charge on any atom is -0.248 e. The highest BCUT2D eigenvalue weighted by atomic mass is 14.8. The Bertz CT molecular complexity index is 952. The number of allylic oxidation sites excluding steroid dienone is 1. The Morgan fingerprint density at radius 3 is 2.05 bits per heavy atom. The molecule has 1 aliphatic rings. The summed E-state index contributed by atoms with van der Waals surface area (Å²) in [7, 11) is 0. The van der Waals surface area contributed by atoms with Gasteiger partial charge in [-0.1, -0.05) is 78.9 Å². The molecule has 104 valence electrons. The van der Waals surface area contributed by atoms with Crippen LogP contribution in [0, 0.1) is 0 Å². The molecule has 0 radical (unpaired) electrons. The number of benzene rings is 3. The average Bonchev–Trinajstić information content (AvgIpc) is 2.94. The second-order valence-electron chi connectivity index (χ2n) is 5.31. The normalized spacial score (nSPS) is 14.7. The summed E-state index contributed by atoms with van der Waals surface area (Å²) in [6.07, 6.45) is 2.16. The van der Waals surface area contributed by atoms with Crippen LogP contribution in [0.1, 0.15) is 11.1 Å². The van der Waals surface area contributed by atoms with Gasteiger partial charge in [0.2, 0.25) is 0 Å². The van der Waals surface area contributed by atoms with Crippen molar-refractivity contribution < 1.29 is 0 Å². The zero-order valence-corrected chi connectivity index (χ0v) is 12.1. The molecule has 1 heterocycles. The highest BCUT2D eigenvalue weighted by Gasteiger charge is 2.14. The van der Waals surface area contributed by atoms with E-state index in [1.54, 1.807) is 0 Å². The van der Waals surface area contributed by atoms with Crippen LogP contribution in [0.5, 0.6) is 0 Å². The van der Waals surface area contributed by atoms with Crippen LogP contribution in [0.2, 0.25) is 0 Å². The summed E-state index contributed by atoms with van der Waals surface area (Å²) >= 11 is 0. The van der Waals surface area contributed by atoms with Crippen LogP contribution >= 0.6 is 0 Å². The molecule has 1 aliphatic heterocycles. The van der Waals surface area contributed by atoms with Gasteiger partial charge >= 0.3 is 0 Å². The molecular weight excluding hydrogens is 266 g/mol. The molecule has 0 bridgehead atoms. The van der Waals surface area contributed by atoms with Crippen molar-refractivity contribution in [3.8, 4) is 0 Å². The molecule has 1 nitrogen and oxygen atoms in total. The third kappa shape index (κ3) is 2.27. The number of hydrogen-bond acceptors (Lipinski definition) is 1. The van der Waals surface area contributed by atoms with E-state index in [0.717, 1.165) is 11.1 Å². The maximum Gasteiger partial charge on any atom is 0.0728 e. The molecule has 0 spiro atoms. The van der Waals surface area contributed by atoms with Gasteiger partial charge < -0.3 is 0 Å². The molecule has 0 aliphatic carbocycles. The predicted molar refractivity (Wildman–Crippen MR) is 90.6 cm³/mol. The van der Waals surface area contributed by atoms with Crippen molar-refractivity contribution in [2.24, 2.45) is 4.99 Å². The summed E-state index contributed by atoms with van der Waals surface area (Å²) in [4.78, 5) is 4.83. The summed E-state index contributed by atoms with van der Waals surface area (Å²) in [6, 6.07) is 29.2. The van der Waals surface area contributed by atoms with Gasteiger partial charge in [0.15, 0.2) is 0 Å².